The van der Waals surface area contributed by atoms with E-state index in [0.29, 0.717) is 0 Å². The molecule has 0 spiro atoms. The molecule has 2 aliphatic heterocycles. The summed E-state index contributed by atoms with van der Waals surface area (Å²) in [4.78, 5) is 5.00. The molecule has 0 saturated heterocycles. The van der Waals surface area contributed by atoms with Gasteiger partial charge in [-0.25, -0.2) is 0 Å². The fourth-order valence-corrected chi connectivity index (χ4v) is 9.12. The van der Waals surface area contributed by atoms with Gasteiger partial charge in [-0.15, -0.1) is 0 Å². The second-order valence-corrected chi connectivity index (χ2v) is 15.4. The smallest absolute Gasteiger partial charge is 0.0540 e. The molecule has 0 fully saturated rings. The molecular formula is C50H40N2. The van der Waals surface area contributed by atoms with Crippen LogP contribution in [0.1, 0.15) is 49.9 Å². The number of nitrogens with zero attached hydrogens (tertiary/aromatic N) is 2. The van der Waals surface area contributed by atoms with Crippen LogP contribution in [0.25, 0.3) is 32.7 Å². The van der Waals surface area contributed by atoms with Gasteiger partial charge in [0, 0.05) is 21.6 Å². The molecule has 0 saturated carbocycles. The van der Waals surface area contributed by atoms with E-state index in [1.807, 2.05) is 0 Å². The Morgan fingerprint density at radius 1 is 0.308 bits per heavy atom. The molecule has 0 N–H and O–H groups in total. The van der Waals surface area contributed by atoms with Crippen molar-refractivity contribution in [3.8, 4) is 11.1 Å². The van der Waals surface area contributed by atoms with Crippen LogP contribution in [0.2, 0.25) is 0 Å². The van der Waals surface area contributed by atoms with Crippen LogP contribution in [0, 0.1) is 0 Å². The van der Waals surface area contributed by atoms with Gasteiger partial charge in [0.15, 0.2) is 0 Å². The minimum atomic E-state index is -0.166. The van der Waals surface area contributed by atoms with Crippen molar-refractivity contribution in [3.05, 3.63) is 192 Å². The van der Waals surface area contributed by atoms with Crippen molar-refractivity contribution in [3.63, 3.8) is 0 Å². The molecule has 0 aliphatic carbocycles. The summed E-state index contributed by atoms with van der Waals surface area (Å²) in [6.07, 6.45) is 0. The van der Waals surface area contributed by atoms with E-state index < -0.39 is 0 Å². The minimum absolute atomic E-state index is 0.166. The van der Waals surface area contributed by atoms with E-state index >= 15 is 0 Å². The van der Waals surface area contributed by atoms with Crippen LogP contribution < -0.4 is 9.80 Å². The lowest BCUT2D eigenvalue weighted by Gasteiger charge is -2.43. The van der Waals surface area contributed by atoms with E-state index in [0.717, 1.165) is 0 Å². The highest BCUT2D eigenvalue weighted by atomic mass is 15.2. The van der Waals surface area contributed by atoms with Crippen molar-refractivity contribution in [2.45, 2.75) is 38.5 Å². The topological polar surface area (TPSA) is 6.48 Å². The Bertz CT molecular complexity index is 2520. The van der Waals surface area contributed by atoms with Gasteiger partial charge in [-0.2, -0.15) is 0 Å². The van der Waals surface area contributed by atoms with Crippen LogP contribution in [-0.4, -0.2) is 0 Å². The molecule has 0 radical (unpaired) electrons. The fourth-order valence-electron chi connectivity index (χ4n) is 9.12. The predicted octanol–water partition coefficient (Wildman–Crippen LogP) is 13.9. The van der Waals surface area contributed by atoms with Crippen LogP contribution >= 0.6 is 0 Å². The van der Waals surface area contributed by atoms with Gasteiger partial charge in [-0.3, -0.25) is 0 Å². The molecule has 2 heteroatoms. The van der Waals surface area contributed by atoms with E-state index in [2.05, 4.69) is 207 Å². The van der Waals surface area contributed by atoms with E-state index in [1.165, 1.54) is 89.0 Å². The second kappa shape index (κ2) is 11.2. The first-order valence-electron chi connectivity index (χ1n) is 18.4. The maximum Gasteiger partial charge on any atom is 0.0540 e. The van der Waals surface area contributed by atoms with Gasteiger partial charge in [-0.05, 0) is 80.6 Å². The van der Waals surface area contributed by atoms with Gasteiger partial charge in [-0.1, -0.05) is 161 Å². The van der Waals surface area contributed by atoms with E-state index in [4.69, 9.17) is 0 Å². The first-order chi connectivity index (χ1) is 25.3. The van der Waals surface area contributed by atoms with Crippen molar-refractivity contribution < 1.29 is 0 Å². The van der Waals surface area contributed by atoms with E-state index in [1.54, 1.807) is 0 Å². The number of hydrogen-bond acceptors (Lipinski definition) is 2. The average molecular weight is 669 g/mol. The summed E-state index contributed by atoms with van der Waals surface area (Å²) in [6, 6.07) is 63.0. The Kier molecular flexibility index (Phi) is 6.60. The molecule has 2 aliphatic rings. The lowest BCUT2D eigenvalue weighted by molar-refractivity contribution is 0.631. The summed E-state index contributed by atoms with van der Waals surface area (Å²) in [5.41, 5.74) is 14.7. The molecule has 8 aromatic rings. The predicted molar refractivity (Wildman–Crippen MR) is 221 cm³/mol. The Morgan fingerprint density at radius 2 is 0.654 bits per heavy atom. The number of anilines is 6. The van der Waals surface area contributed by atoms with Crippen molar-refractivity contribution >= 4 is 55.7 Å². The largest absolute Gasteiger partial charge is 0.309 e. The molecule has 8 aromatic carbocycles. The van der Waals surface area contributed by atoms with Crippen LogP contribution in [0.15, 0.2) is 170 Å². The Balaban J connectivity index is 1.20. The monoisotopic (exact) mass is 668 g/mol. The molecule has 2 nitrogen and oxygen atoms in total. The first-order valence-corrected chi connectivity index (χ1v) is 18.4. The lowest BCUT2D eigenvalue weighted by Crippen LogP contribution is -2.31. The highest BCUT2D eigenvalue weighted by Gasteiger charge is 2.39. The second-order valence-electron chi connectivity index (χ2n) is 15.4. The summed E-state index contributed by atoms with van der Waals surface area (Å²) in [5, 5.41) is 4.98. The zero-order chi connectivity index (χ0) is 35.2. The third-order valence-corrected chi connectivity index (χ3v) is 11.8. The van der Waals surface area contributed by atoms with E-state index in [9.17, 15) is 0 Å². The average Bonchev–Trinajstić information content (AvgIpc) is 3.18. The summed E-state index contributed by atoms with van der Waals surface area (Å²) < 4.78 is 0. The van der Waals surface area contributed by atoms with Crippen molar-refractivity contribution in [1.29, 1.82) is 0 Å². The summed E-state index contributed by atoms with van der Waals surface area (Å²) >= 11 is 0. The zero-order valence-corrected chi connectivity index (χ0v) is 30.1. The van der Waals surface area contributed by atoms with Gasteiger partial charge in [0.2, 0.25) is 0 Å². The SMILES string of the molecule is CC1(C)c2ccccc2N(c2cccc3ccccc23)c2cc(-c3ccc4c(c3)N(c3cccc5ccccc35)c3ccccc3C4(C)C)ccc21. The summed E-state index contributed by atoms with van der Waals surface area (Å²) in [5.74, 6) is 0. The van der Waals surface area contributed by atoms with Gasteiger partial charge in [0.05, 0.1) is 34.1 Å². The van der Waals surface area contributed by atoms with E-state index in [-0.39, 0.29) is 10.8 Å². The minimum Gasteiger partial charge on any atom is -0.309 e. The summed E-state index contributed by atoms with van der Waals surface area (Å²) in [7, 11) is 0. The van der Waals surface area contributed by atoms with Crippen LogP contribution in [-0.2, 0) is 10.8 Å². The van der Waals surface area contributed by atoms with Crippen LogP contribution in [0.5, 0.6) is 0 Å². The molecule has 10 rings (SSSR count). The zero-order valence-electron chi connectivity index (χ0n) is 30.1. The fraction of sp³-hybridized carbons (Fsp3) is 0.120. The number of rotatable bonds is 3. The van der Waals surface area contributed by atoms with Gasteiger partial charge >= 0.3 is 0 Å². The molecule has 0 atom stereocenters. The normalized spacial score (nSPS) is 15.2. The Morgan fingerprint density at radius 3 is 1.12 bits per heavy atom. The highest BCUT2D eigenvalue weighted by Crippen LogP contribution is 2.56. The van der Waals surface area contributed by atoms with Crippen LogP contribution in [0.3, 0.4) is 0 Å². The maximum atomic E-state index is 2.50. The summed E-state index contributed by atoms with van der Waals surface area (Å²) in [6.45, 7) is 9.47. The first kappa shape index (κ1) is 30.7. The molecule has 0 bridgehead atoms. The van der Waals surface area contributed by atoms with Crippen molar-refractivity contribution in [1.82, 2.24) is 0 Å². The van der Waals surface area contributed by atoms with Crippen LogP contribution in [0.4, 0.5) is 34.1 Å². The molecule has 52 heavy (non-hydrogen) atoms. The maximum absolute atomic E-state index is 2.50. The number of benzene rings is 8. The Labute approximate surface area is 306 Å². The number of hydrogen-bond donors (Lipinski definition) is 0. The molecule has 0 aromatic heterocycles. The van der Waals surface area contributed by atoms with Gasteiger partial charge < -0.3 is 9.80 Å². The highest BCUT2D eigenvalue weighted by molar-refractivity contribution is 6.03. The molecule has 250 valence electrons. The number of para-hydroxylation sites is 2. The quantitative estimate of drug-likeness (QED) is 0.185. The van der Waals surface area contributed by atoms with Crippen molar-refractivity contribution in [2.24, 2.45) is 0 Å². The third kappa shape index (κ3) is 4.37. The molecular weight excluding hydrogens is 629 g/mol. The molecule has 0 amide bonds. The lowest BCUT2D eigenvalue weighted by atomic mass is 9.72. The Hall–Kier alpha value is -6.12. The standard InChI is InChI=1S/C50H40N2/c1-49(2)39-21-9-11-23-45(39)51(43-25-13-17-33-15-5-7-19-37(33)43)47-31-35(27-29-41(47)49)36-28-30-42-48(32-36)52(46-24-12-10-22-40(46)50(42,3)4)44-26-14-18-34-16-6-8-20-38(34)44/h5-32H,1-4H3. The molecule has 2 heterocycles. The van der Waals surface area contributed by atoms with Gasteiger partial charge in [0.25, 0.3) is 0 Å². The van der Waals surface area contributed by atoms with Crippen molar-refractivity contribution in [2.75, 3.05) is 9.80 Å². The van der Waals surface area contributed by atoms with Gasteiger partial charge in [0.1, 0.15) is 0 Å². The molecule has 0 unspecified atom stereocenters. The number of fused-ring (bicyclic) bond motifs is 6. The third-order valence-electron chi connectivity index (χ3n) is 11.8.